The Morgan fingerprint density at radius 3 is 2.50 bits per heavy atom. The largest absolute Gasteiger partial charge is 0.348 e. The molecule has 2 aromatic carbocycles. The third-order valence-electron chi connectivity index (χ3n) is 5.92. The molecular formula is C22H26N2O3S. The second-order valence-electron chi connectivity index (χ2n) is 7.59. The third-order valence-corrected chi connectivity index (χ3v) is 7.74. The monoisotopic (exact) mass is 398 g/mol. The Morgan fingerprint density at radius 1 is 1.07 bits per heavy atom. The van der Waals surface area contributed by atoms with Crippen molar-refractivity contribution in [2.45, 2.75) is 51.2 Å². The van der Waals surface area contributed by atoms with E-state index in [1.165, 1.54) is 9.87 Å². The smallest absolute Gasteiger partial charge is 0.239 e. The van der Waals surface area contributed by atoms with E-state index in [1.807, 2.05) is 36.4 Å². The Kier molecular flexibility index (Phi) is 5.25. The number of benzene rings is 2. The fraction of sp³-hybridized carbons (Fsp3) is 0.409. The van der Waals surface area contributed by atoms with E-state index in [1.54, 1.807) is 6.92 Å². The van der Waals surface area contributed by atoms with Gasteiger partial charge < -0.3 is 5.32 Å². The molecule has 1 heterocycles. The summed E-state index contributed by atoms with van der Waals surface area (Å²) in [6.45, 7) is 1.88. The zero-order valence-electron chi connectivity index (χ0n) is 16.1. The van der Waals surface area contributed by atoms with Gasteiger partial charge in [0.25, 0.3) is 0 Å². The van der Waals surface area contributed by atoms with Crippen LogP contribution >= 0.6 is 0 Å². The van der Waals surface area contributed by atoms with E-state index >= 15 is 0 Å². The number of fused-ring (bicyclic) bond motifs is 2. The molecule has 28 heavy (non-hydrogen) atoms. The Labute approximate surface area is 166 Å². The van der Waals surface area contributed by atoms with Crippen molar-refractivity contribution in [3.63, 3.8) is 0 Å². The number of aryl methyl sites for hydroxylation is 1. The Bertz CT molecular complexity index is 987. The van der Waals surface area contributed by atoms with Crippen LogP contribution in [0.15, 0.2) is 48.5 Å². The third kappa shape index (κ3) is 3.59. The van der Waals surface area contributed by atoms with Gasteiger partial charge in [0.15, 0.2) is 0 Å². The van der Waals surface area contributed by atoms with Crippen molar-refractivity contribution in [2.75, 3.05) is 5.75 Å². The number of amides is 1. The SMILES string of the molecule is CCS(=O)(=O)N1Cc2ccccc2C[C@H]1C(=O)N[C@@H]1CCCc2ccccc21. The molecule has 0 unspecified atom stereocenters. The topological polar surface area (TPSA) is 66.5 Å². The highest BCUT2D eigenvalue weighted by Crippen LogP contribution is 2.31. The van der Waals surface area contributed by atoms with E-state index < -0.39 is 16.1 Å². The van der Waals surface area contributed by atoms with Crippen molar-refractivity contribution >= 4 is 15.9 Å². The summed E-state index contributed by atoms with van der Waals surface area (Å²) in [5.41, 5.74) is 4.45. The lowest BCUT2D eigenvalue weighted by molar-refractivity contribution is -0.126. The van der Waals surface area contributed by atoms with E-state index in [0.29, 0.717) is 6.42 Å². The molecule has 2 aromatic rings. The lowest BCUT2D eigenvalue weighted by atomic mass is 9.87. The number of sulfonamides is 1. The van der Waals surface area contributed by atoms with Crippen molar-refractivity contribution < 1.29 is 13.2 Å². The summed E-state index contributed by atoms with van der Waals surface area (Å²) in [6, 6.07) is 15.2. The number of carbonyl (C=O) groups excluding carboxylic acids is 1. The fourth-order valence-corrected chi connectivity index (χ4v) is 5.58. The van der Waals surface area contributed by atoms with Crippen LogP contribution in [0.2, 0.25) is 0 Å². The number of nitrogens with zero attached hydrogens (tertiary/aromatic N) is 1. The van der Waals surface area contributed by atoms with Gasteiger partial charge in [0, 0.05) is 6.54 Å². The van der Waals surface area contributed by atoms with E-state index in [4.69, 9.17) is 0 Å². The van der Waals surface area contributed by atoms with Gasteiger partial charge in [-0.3, -0.25) is 4.79 Å². The van der Waals surface area contributed by atoms with E-state index in [0.717, 1.165) is 36.0 Å². The second-order valence-corrected chi connectivity index (χ2v) is 9.80. The van der Waals surface area contributed by atoms with Crippen LogP contribution in [0.25, 0.3) is 0 Å². The highest BCUT2D eigenvalue weighted by Gasteiger charge is 2.38. The molecule has 148 valence electrons. The minimum atomic E-state index is -3.49. The Morgan fingerprint density at radius 2 is 1.75 bits per heavy atom. The summed E-state index contributed by atoms with van der Waals surface area (Å²) in [4.78, 5) is 13.2. The van der Waals surface area contributed by atoms with Crippen LogP contribution in [0.5, 0.6) is 0 Å². The maximum Gasteiger partial charge on any atom is 0.239 e. The molecule has 0 aromatic heterocycles. The van der Waals surface area contributed by atoms with Gasteiger partial charge in [-0.15, -0.1) is 0 Å². The number of carbonyl (C=O) groups is 1. The fourth-order valence-electron chi connectivity index (χ4n) is 4.35. The molecule has 4 rings (SSSR count). The number of nitrogens with one attached hydrogen (secondary N) is 1. The molecule has 6 heteroatoms. The summed E-state index contributed by atoms with van der Waals surface area (Å²) in [5, 5.41) is 3.16. The maximum absolute atomic E-state index is 13.2. The van der Waals surface area contributed by atoms with Crippen LogP contribution in [0.1, 0.15) is 48.1 Å². The minimum Gasteiger partial charge on any atom is -0.348 e. The summed E-state index contributed by atoms with van der Waals surface area (Å²) in [7, 11) is -3.49. The van der Waals surface area contributed by atoms with Gasteiger partial charge in [0.2, 0.25) is 15.9 Å². The molecule has 0 radical (unpaired) electrons. The predicted molar refractivity (Wildman–Crippen MR) is 109 cm³/mol. The number of hydrogen-bond donors (Lipinski definition) is 1. The van der Waals surface area contributed by atoms with Crippen molar-refractivity contribution in [1.82, 2.24) is 9.62 Å². The second kappa shape index (κ2) is 7.68. The van der Waals surface area contributed by atoms with Crippen molar-refractivity contribution in [3.8, 4) is 0 Å². The van der Waals surface area contributed by atoms with Gasteiger partial charge in [0.1, 0.15) is 6.04 Å². The van der Waals surface area contributed by atoms with Gasteiger partial charge in [-0.05, 0) is 54.9 Å². The molecule has 2 aliphatic rings. The maximum atomic E-state index is 13.2. The first-order valence-corrected chi connectivity index (χ1v) is 11.5. The molecule has 5 nitrogen and oxygen atoms in total. The van der Waals surface area contributed by atoms with E-state index in [-0.39, 0.29) is 24.2 Å². The molecule has 1 aliphatic carbocycles. The molecule has 0 saturated heterocycles. The van der Waals surface area contributed by atoms with E-state index in [9.17, 15) is 13.2 Å². The zero-order chi connectivity index (χ0) is 19.7. The summed E-state index contributed by atoms with van der Waals surface area (Å²) in [5.74, 6) is -0.209. The molecule has 0 fully saturated rings. The zero-order valence-corrected chi connectivity index (χ0v) is 16.9. The van der Waals surface area contributed by atoms with Gasteiger partial charge in [-0.2, -0.15) is 4.31 Å². The first kappa shape index (κ1) is 19.2. The van der Waals surface area contributed by atoms with Crippen LogP contribution in [-0.2, 0) is 34.2 Å². The van der Waals surface area contributed by atoms with Gasteiger partial charge >= 0.3 is 0 Å². The number of rotatable bonds is 4. The van der Waals surface area contributed by atoms with Crippen LogP contribution in [0.4, 0.5) is 0 Å². The van der Waals surface area contributed by atoms with Crippen LogP contribution < -0.4 is 5.32 Å². The van der Waals surface area contributed by atoms with Crippen molar-refractivity contribution in [3.05, 3.63) is 70.8 Å². The Balaban J connectivity index is 1.62. The summed E-state index contributed by atoms with van der Waals surface area (Å²) in [6.07, 6.45) is 3.34. The summed E-state index contributed by atoms with van der Waals surface area (Å²) >= 11 is 0. The molecule has 1 aliphatic heterocycles. The molecule has 0 bridgehead atoms. The van der Waals surface area contributed by atoms with Gasteiger partial charge in [-0.25, -0.2) is 8.42 Å². The average molecular weight is 399 g/mol. The van der Waals surface area contributed by atoms with Gasteiger partial charge in [-0.1, -0.05) is 48.5 Å². The molecule has 1 N–H and O–H groups in total. The Hall–Kier alpha value is -2.18. The van der Waals surface area contributed by atoms with E-state index in [2.05, 4.69) is 17.4 Å². The molecule has 1 amide bonds. The average Bonchev–Trinajstić information content (AvgIpc) is 2.73. The quantitative estimate of drug-likeness (QED) is 0.861. The summed E-state index contributed by atoms with van der Waals surface area (Å²) < 4.78 is 26.8. The highest BCUT2D eigenvalue weighted by atomic mass is 32.2. The first-order valence-electron chi connectivity index (χ1n) is 9.94. The lowest BCUT2D eigenvalue weighted by Crippen LogP contribution is -2.53. The first-order chi connectivity index (χ1) is 13.5. The molecular weight excluding hydrogens is 372 g/mol. The van der Waals surface area contributed by atoms with Crippen molar-refractivity contribution in [2.24, 2.45) is 0 Å². The van der Waals surface area contributed by atoms with Crippen LogP contribution in [0.3, 0.4) is 0 Å². The van der Waals surface area contributed by atoms with Crippen LogP contribution in [0, 0.1) is 0 Å². The molecule has 2 atom stereocenters. The molecule has 0 spiro atoms. The van der Waals surface area contributed by atoms with Crippen LogP contribution in [-0.4, -0.2) is 30.4 Å². The minimum absolute atomic E-state index is 0.00872. The van der Waals surface area contributed by atoms with Gasteiger partial charge in [0.05, 0.1) is 11.8 Å². The lowest BCUT2D eigenvalue weighted by Gasteiger charge is -2.36. The van der Waals surface area contributed by atoms with Crippen molar-refractivity contribution in [1.29, 1.82) is 0 Å². The standard InChI is InChI=1S/C22H26N2O3S/c1-2-28(26,27)24-15-18-10-4-3-9-17(18)14-21(24)22(25)23-20-13-7-11-16-8-5-6-12-19(16)20/h3-6,8-10,12,20-21H,2,7,11,13-15H2,1H3,(H,23,25)/t20-,21+/m1/s1. The predicted octanol–water partition coefficient (Wildman–Crippen LogP) is 2.96. The highest BCUT2D eigenvalue weighted by molar-refractivity contribution is 7.89. The number of hydrogen-bond acceptors (Lipinski definition) is 3. The molecule has 0 saturated carbocycles. The normalized spacial score (nSPS) is 22.2.